The summed E-state index contributed by atoms with van der Waals surface area (Å²) >= 11 is 0. The fourth-order valence-electron chi connectivity index (χ4n) is 3.25. The predicted octanol–water partition coefficient (Wildman–Crippen LogP) is 2.74. The molecule has 1 heterocycles. The maximum absolute atomic E-state index is 12.2. The SMILES string of the molecule is C=C(C)c1ccccc1C1(C(=O)[O-])CCN(C(=O)OC(C)(C)C)CC1. The van der Waals surface area contributed by atoms with Crippen LogP contribution in [-0.2, 0) is 14.9 Å². The van der Waals surface area contributed by atoms with Crippen LogP contribution in [0.25, 0.3) is 5.57 Å². The summed E-state index contributed by atoms with van der Waals surface area (Å²) in [5.41, 5.74) is 0.662. The number of piperidine rings is 1. The molecule has 0 unspecified atom stereocenters. The van der Waals surface area contributed by atoms with Crippen LogP contribution in [0.15, 0.2) is 30.8 Å². The van der Waals surface area contributed by atoms with Crippen molar-refractivity contribution in [3.05, 3.63) is 42.0 Å². The molecule has 0 N–H and O–H groups in total. The van der Waals surface area contributed by atoms with E-state index in [1.807, 2.05) is 52.0 Å². The van der Waals surface area contributed by atoms with Gasteiger partial charge in [0.05, 0.1) is 5.97 Å². The Hall–Kier alpha value is -2.30. The molecule has 2 rings (SSSR count). The van der Waals surface area contributed by atoms with Gasteiger partial charge < -0.3 is 19.5 Å². The molecule has 5 nitrogen and oxygen atoms in total. The van der Waals surface area contributed by atoms with Gasteiger partial charge in [0.25, 0.3) is 0 Å². The van der Waals surface area contributed by atoms with Crippen molar-refractivity contribution >= 4 is 17.6 Å². The first kappa shape index (κ1) is 19.0. The Labute approximate surface area is 149 Å². The van der Waals surface area contributed by atoms with E-state index in [2.05, 4.69) is 6.58 Å². The van der Waals surface area contributed by atoms with Gasteiger partial charge >= 0.3 is 6.09 Å². The maximum atomic E-state index is 12.2. The van der Waals surface area contributed by atoms with Gasteiger partial charge in [-0.2, -0.15) is 0 Å². The second kappa shape index (κ2) is 6.90. The topological polar surface area (TPSA) is 69.7 Å². The minimum Gasteiger partial charge on any atom is -0.549 e. The Morgan fingerprint density at radius 1 is 1.20 bits per heavy atom. The fraction of sp³-hybridized carbons (Fsp3) is 0.500. The van der Waals surface area contributed by atoms with Crippen LogP contribution in [0.3, 0.4) is 0 Å². The van der Waals surface area contributed by atoms with E-state index in [0.29, 0.717) is 31.5 Å². The molecule has 1 aromatic carbocycles. The lowest BCUT2D eigenvalue weighted by Crippen LogP contribution is -2.54. The standard InChI is InChI=1S/C20H27NO4/c1-14(2)15-8-6-7-9-16(15)20(17(22)23)10-12-21(13-11-20)18(24)25-19(3,4)5/h6-9H,1,10-13H2,2-5H3,(H,22,23)/p-1. The van der Waals surface area contributed by atoms with E-state index in [0.717, 1.165) is 11.1 Å². The van der Waals surface area contributed by atoms with Crippen LogP contribution in [0.4, 0.5) is 4.79 Å². The van der Waals surface area contributed by atoms with Crippen molar-refractivity contribution in [1.82, 2.24) is 4.90 Å². The maximum Gasteiger partial charge on any atom is 0.410 e. The molecular weight excluding hydrogens is 318 g/mol. The number of ether oxygens (including phenoxy) is 1. The Morgan fingerprint density at radius 3 is 2.24 bits per heavy atom. The minimum atomic E-state index is -1.12. The molecule has 0 saturated carbocycles. The number of nitrogens with zero attached hydrogens (tertiary/aromatic N) is 1. The minimum absolute atomic E-state index is 0.291. The summed E-state index contributed by atoms with van der Waals surface area (Å²) in [7, 11) is 0. The highest BCUT2D eigenvalue weighted by Gasteiger charge is 2.41. The van der Waals surface area contributed by atoms with Crippen molar-refractivity contribution in [2.24, 2.45) is 0 Å². The summed E-state index contributed by atoms with van der Waals surface area (Å²) in [5, 5.41) is 12.1. The molecule has 1 amide bonds. The van der Waals surface area contributed by atoms with Crippen molar-refractivity contribution in [2.45, 2.75) is 51.6 Å². The predicted molar refractivity (Wildman–Crippen MR) is 94.9 cm³/mol. The molecule has 25 heavy (non-hydrogen) atoms. The van der Waals surface area contributed by atoms with E-state index < -0.39 is 23.1 Å². The molecule has 136 valence electrons. The van der Waals surface area contributed by atoms with Crippen LogP contribution in [0.5, 0.6) is 0 Å². The number of carbonyl (C=O) groups is 2. The van der Waals surface area contributed by atoms with Crippen molar-refractivity contribution in [3.8, 4) is 0 Å². The molecule has 0 radical (unpaired) electrons. The molecule has 0 aliphatic carbocycles. The molecule has 1 aliphatic heterocycles. The van der Waals surface area contributed by atoms with Gasteiger partial charge in [0.15, 0.2) is 0 Å². The van der Waals surface area contributed by atoms with Gasteiger partial charge in [-0.25, -0.2) is 4.79 Å². The van der Waals surface area contributed by atoms with E-state index in [1.165, 1.54) is 0 Å². The first-order valence-electron chi connectivity index (χ1n) is 8.51. The molecule has 1 aromatic rings. The van der Waals surface area contributed by atoms with Crippen LogP contribution >= 0.6 is 0 Å². The summed E-state index contributed by atoms with van der Waals surface area (Å²) in [5.74, 6) is -1.11. The molecule has 1 saturated heterocycles. The number of likely N-dealkylation sites (tertiary alicyclic amines) is 1. The van der Waals surface area contributed by atoms with Gasteiger partial charge in [-0.1, -0.05) is 36.4 Å². The molecule has 0 atom stereocenters. The third-order valence-electron chi connectivity index (χ3n) is 4.56. The Kier molecular flexibility index (Phi) is 5.26. The number of hydrogen-bond acceptors (Lipinski definition) is 4. The number of allylic oxidation sites excluding steroid dienone is 1. The third kappa shape index (κ3) is 4.03. The third-order valence-corrected chi connectivity index (χ3v) is 4.56. The van der Waals surface area contributed by atoms with Crippen molar-refractivity contribution in [3.63, 3.8) is 0 Å². The van der Waals surface area contributed by atoms with Crippen LogP contribution in [0.2, 0.25) is 0 Å². The van der Waals surface area contributed by atoms with Gasteiger partial charge in [0.1, 0.15) is 5.60 Å². The van der Waals surface area contributed by atoms with E-state index >= 15 is 0 Å². The van der Waals surface area contributed by atoms with E-state index in [-0.39, 0.29) is 0 Å². The molecule has 5 heteroatoms. The van der Waals surface area contributed by atoms with Gasteiger partial charge in [0, 0.05) is 18.5 Å². The number of amides is 1. The highest BCUT2D eigenvalue weighted by molar-refractivity contribution is 5.83. The van der Waals surface area contributed by atoms with Crippen LogP contribution < -0.4 is 5.11 Å². The first-order chi connectivity index (χ1) is 11.6. The van der Waals surface area contributed by atoms with Crippen LogP contribution in [0.1, 0.15) is 51.7 Å². The second-order valence-electron chi connectivity index (χ2n) is 7.66. The fourth-order valence-corrected chi connectivity index (χ4v) is 3.25. The Bertz CT molecular complexity index is 679. The van der Waals surface area contributed by atoms with Gasteiger partial charge in [-0.05, 0) is 51.7 Å². The number of benzene rings is 1. The smallest absolute Gasteiger partial charge is 0.410 e. The number of aliphatic carboxylic acids is 1. The lowest BCUT2D eigenvalue weighted by atomic mass is 9.70. The second-order valence-corrected chi connectivity index (χ2v) is 7.66. The van der Waals surface area contributed by atoms with Crippen molar-refractivity contribution in [2.75, 3.05) is 13.1 Å². The molecule has 0 spiro atoms. The quantitative estimate of drug-likeness (QED) is 0.845. The summed E-state index contributed by atoms with van der Waals surface area (Å²) in [4.78, 5) is 25.9. The lowest BCUT2D eigenvalue weighted by molar-refractivity contribution is -0.315. The van der Waals surface area contributed by atoms with Gasteiger partial charge in [-0.3, -0.25) is 0 Å². The molecule has 1 aliphatic rings. The Morgan fingerprint density at radius 2 is 1.76 bits per heavy atom. The van der Waals surface area contributed by atoms with Crippen molar-refractivity contribution < 1.29 is 19.4 Å². The average molecular weight is 344 g/mol. The average Bonchev–Trinajstić information content (AvgIpc) is 2.53. The first-order valence-corrected chi connectivity index (χ1v) is 8.51. The van der Waals surface area contributed by atoms with E-state index in [4.69, 9.17) is 4.74 Å². The summed E-state index contributed by atoms with van der Waals surface area (Å²) < 4.78 is 5.38. The molecular formula is C20H26NO4-. The number of carboxylic acids is 1. The number of carbonyl (C=O) groups excluding carboxylic acids is 2. The molecule has 0 aromatic heterocycles. The summed E-state index contributed by atoms with van der Waals surface area (Å²) in [6, 6.07) is 7.39. The Balaban J connectivity index is 2.27. The number of rotatable bonds is 3. The largest absolute Gasteiger partial charge is 0.549 e. The zero-order chi connectivity index (χ0) is 18.8. The van der Waals surface area contributed by atoms with Gasteiger partial charge in [-0.15, -0.1) is 0 Å². The highest BCUT2D eigenvalue weighted by Crippen LogP contribution is 2.39. The summed E-state index contributed by atoms with van der Waals surface area (Å²) in [6.45, 7) is 11.9. The monoisotopic (exact) mass is 344 g/mol. The van der Waals surface area contributed by atoms with E-state index in [9.17, 15) is 14.7 Å². The summed E-state index contributed by atoms with van der Waals surface area (Å²) in [6.07, 6.45) is 0.171. The lowest BCUT2D eigenvalue weighted by Gasteiger charge is -2.43. The molecule has 0 bridgehead atoms. The van der Waals surface area contributed by atoms with Crippen LogP contribution in [-0.4, -0.2) is 35.7 Å². The number of carboxylic acid groups (broad SMARTS) is 1. The van der Waals surface area contributed by atoms with Gasteiger partial charge in [0.2, 0.25) is 0 Å². The van der Waals surface area contributed by atoms with Crippen molar-refractivity contribution in [1.29, 1.82) is 0 Å². The zero-order valence-corrected chi connectivity index (χ0v) is 15.4. The van der Waals surface area contributed by atoms with E-state index in [1.54, 1.807) is 4.90 Å². The number of hydrogen-bond donors (Lipinski definition) is 0. The normalized spacial score (nSPS) is 17.0. The van der Waals surface area contributed by atoms with Crippen LogP contribution in [0, 0.1) is 0 Å². The molecule has 1 fully saturated rings. The zero-order valence-electron chi connectivity index (χ0n) is 15.4. The highest BCUT2D eigenvalue weighted by atomic mass is 16.6.